The van der Waals surface area contributed by atoms with E-state index in [4.69, 9.17) is 4.74 Å². The van der Waals surface area contributed by atoms with Crippen LogP contribution in [-0.4, -0.2) is 17.5 Å². The van der Waals surface area contributed by atoms with Gasteiger partial charge in [-0.2, -0.15) is 13.2 Å². The van der Waals surface area contributed by atoms with E-state index in [0.717, 1.165) is 23.4 Å². The lowest BCUT2D eigenvalue weighted by molar-refractivity contribution is -0.137. The zero-order valence-corrected chi connectivity index (χ0v) is 16.0. The molecule has 8 heteroatoms. The van der Waals surface area contributed by atoms with E-state index in [1.165, 1.54) is 23.5 Å². The third kappa shape index (κ3) is 4.42. The van der Waals surface area contributed by atoms with Crippen LogP contribution in [0.4, 0.5) is 13.2 Å². The second kappa shape index (κ2) is 7.87. The number of amides is 1. The minimum atomic E-state index is -4.37. The lowest BCUT2D eigenvalue weighted by Gasteiger charge is -2.26. The number of hydrogen-bond donors (Lipinski definition) is 1. The zero-order chi connectivity index (χ0) is 20.4. The van der Waals surface area contributed by atoms with Crippen LogP contribution in [-0.2, 0) is 17.4 Å². The fourth-order valence-electron chi connectivity index (χ4n) is 3.22. The van der Waals surface area contributed by atoms with Gasteiger partial charge < -0.3 is 10.1 Å². The van der Waals surface area contributed by atoms with Crippen LogP contribution in [0.1, 0.15) is 29.3 Å². The molecule has 3 aromatic rings. The Morgan fingerprint density at radius 1 is 1.17 bits per heavy atom. The number of rotatable bonds is 4. The van der Waals surface area contributed by atoms with Gasteiger partial charge in [0.25, 0.3) is 0 Å². The summed E-state index contributed by atoms with van der Waals surface area (Å²) < 4.78 is 43.7. The molecule has 1 aliphatic rings. The van der Waals surface area contributed by atoms with Crippen molar-refractivity contribution in [1.29, 1.82) is 0 Å². The second-order valence-corrected chi connectivity index (χ2v) is 7.55. The number of para-hydroxylation sites is 1. The van der Waals surface area contributed by atoms with Crippen LogP contribution in [0.3, 0.4) is 0 Å². The Kier molecular flexibility index (Phi) is 5.27. The highest BCUT2D eigenvalue weighted by Gasteiger charge is 2.30. The highest BCUT2D eigenvalue weighted by molar-refractivity contribution is 7.13. The van der Waals surface area contributed by atoms with Crippen LogP contribution >= 0.6 is 11.3 Å². The first kappa shape index (κ1) is 19.4. The number of ether oxygens (including phenoxy) is 1. The van der Waals surface area contributed by atoms with Crippen molar-refractivity contribution in [3.63, 3.8) is 0 Å². The Morgan fingerprint density at radius 2 is 1.93 bits per heavy atom. The van der Waals surface area contributed by atoms with E-state index >= 15 is 0 Å². The molecule has 29 heavy (non-hydrogen) atoms. The molecule has 0 saturated heterocycles. The average Bonchev–Trinajstić information content (AvgIpc) is 3.16. The van der Waals surface area contributed by atoms with Crippen LogP contribution in [0.5, 0.6) is 5.75 Å². The number of hydrogen-bond acceptors (Lipinski definition) is 4. The predicted octanol–water partition coefficient (Wildman–Crippen LogP) is 5.01. The van der Waals surface area contributed by atoms with Crippen LogP contribution in [0.25, 0.3) is 10.6 Å². The van der Waals surface area contributed by atoms with E-state index < -0.39 is 11.7 Å². The Hall–Kier alpha value is -2.87. The molecule has 0 bridgehead atoms. The smallest absolute Gasteiger partial charge is 0.416 e. The van der Waals surface area contributed by atoms with Crippen LogP contribution in [0.2, 0.25) is 0 Å². The summed E-state index contributed by atoms with van der Waals surface area (Å²) in [6.07, 6.45) is -3.57. The summed E-state index contributed by atoms with van der Waals surface area (Å²) in [7, 11) is 0. The number of halogens is 3. The number of aromatic nitrogens is 1. The van der Waals surface area contributed by atoms with Crippen molar-refractivity contribution in [2.24, 2.45) is 0 Å². The molecular formula is C21H17F3N2O2S. The van der Waals surface area contributed by atoms with Gasteiger partial charge >= 0.3 is 6.18 Å². The lowest BCUT2D eigenvalue weighted by atomic mass is 10.0. The number of nitrogens with one attached hydrogen (secondary N) is 1. The normalized spacial score (nSPS) is 16.0. The van der Waals surface area contributed by atoms with Gasteiger partial charge in [-0.3, -0.25) is 4.79 Å². The van der Waals surface area contributed by atoms with Gasteiger partial charge in [-0.05, 0) is 18.2 Å². The lowest BCUT2D eigenvalue weighted by Crippen LogP contribution is -2.33. The fourth-order valence-corrected chi connectivity index (χ4v) is 4.05. The van der Waals surface area contributed by atoms with E-state index in [-0.39, 0.29) is 18.4 Å². The monoisotopic (exact) mass is 418 g/mol. The van der Waals surface area contributed by atoms with Gasteiger partial charge in [0, 0.05) is 22.9 Å². The highest BCUT2D eigenvalue weighted by atomic mass is 32.1. The summed E-state index contributed by atoms with van der Waals surface area (Å²) in [5.41, 5.74) is 1.43. The fraction of sp³-hybridized carbons (Fsp3) is 0.238. The molecule has 1 amide bonds. The van der Waals surface area contributed by atoms with Crippen molar-refractivity contribution in [3.05, 3.63) is 70.7 Å². The average molecular weight is 418 g/mol. The molecule has 1 aliphatic heterocycles. The molecule has 0 saturated carbocycles. The van der Waals surface area contributed by atoms with Crippen molar-refractivity contribution in [3.8, 4) is 16.3 Å². The maximum Gasteiger partial charge on any atom is 0.416 e. The van der Waals surface area contributed by atoms with Gasteiger partial charge in [0.05, 0.1) is 30.3 Å². The molecule has 150 valence electrons. The largest absolute Gasteiger partial charge is 0.493 e. The molecule has 0 radical (unpaired) electrons. The van der Waals surface area contributed by atoms with Gasteiger partial charge in [0.2, 0.25) is 5.91 Å². The number of fused-ring (bicyclic) bond motifs is 1. The van der Waals surface area contributed by atoms with Crippen LogP contribution in [0.15, 0.2) is 53.9 Å². The summed E-state index contributed by atoms with van der Waals surface area (Å²) in [6, 6.07) is 12.4. The molecule has 0 aliphatic carbocycles. The Morgan fingerprint density at radius 3 is 2.69 bits per heavy atom. The number of thiazole rings is 1. The molecule has 4 nitrogen and oxygen atoms in total. The Bertz CT molecular complexity index is 1020. The van der Waals surface area contributed by atoms with E-state index in [1.807, 2.05) is 24.3 Å². The van der Waals surface area contributed by atoms with Crippen molar-refractivity contribution in [1.82, 2.24) is 10.3 Å². The van der Waals surface area contributed by atoms with Crippen molar-refractivity contribution in [2.75, 3.05) is 6.61 Å². The van der Waals surface area contributed by atoms with Gasteiger partial charge in [-0.15, -0.1) is 11.3 Å². The minimum absolute atomic E-state index is 0.108. The van der Waals surface area contributed by atoms with Crippen LogP contribution < -0.4 is 10.1 Å². The van der Waals surface area contributed by atoms with E-state index in [9.17, 15) is 18.0 Å². The number of carbonyl (C=O) groups is 1. The molecule has 0 fully saturated rings. The maximum absolute atomic E-state index is 12.7. The highest BCUT2D eigenvalue weighted by Crippen LogP contribution is 2.33. The number of carbonyl (C=O) groups excluding carboxylic acids is 1. The van der Waals surface area contributed by atoms with E-state index in [0.29, 0.717) is 29.3 Å². The van der Waals surface area contributed by atoms with Crippen LogP contribution in [0, 0.1) is 0 Å². The number of benzene rings is 2. The van der Waals surface area contributed by atoms with Gasteiger partial charge in [-0.25, -0.2) is 4.98 Å². The number of alkyl halides is 3. The molecule has 4 rings (SSSR count). The second-order valence-electron chi connectivity index (χ2n) is 6.69. The van der Waals surface area contributed by atoms with Crippen molar-refractivity contribution in [2.45, 2.75) is 25.1 Å². The van der Waals surface area contributed by atoms with Gasteiger partial charge in [0.1, 0.15) is 10.8 Å². The first-order chi connectivity index (χ1) is 13.9. The first-order valence-corrected chi connectivity index (χ1v) is 9.91. The van der Waals surface area contributed by atoms with Crippen molar-refractivity contribution >= 4 is 17.2 Å². The first-order valence-electron chi connectivity index (χ1n) is 9.03. The van der Waals surface area contributed by atoms with Gasteiger partial charge in [-0.1, -0.05) is 30.3 Å². The number of nitrogens with zero attached hydrogens (tertiary/aromatic N) is 1. The summed E-state index contributed by atoms with van der Waals surface area (Å²) in [4.78, 5) is 16.9. The summed E-state index contributed by atoms with van der Waals surface area (Å²) in [6.45, 7) is 0.538. The molecule has 2 aromatic carbocycles. The zero-order valence-electron chi connectivity index (χ0n) is 15.2. The quantitative estimate of drug-likeness (QED) is 0.648. The molecule has 1 aromatic heterocycles. The Labute approximate surface area is 169 Å². The van der Waals surface area contributed by atoms with E-state index in [1.54, 1.807) is 5.38 Å². The molecule has 1 N–H and O–H groups in total. The topological polar surface area (TPSA) is 51.2 Å². The molecule has 1 atom stereocenters. The maximum atomic E-state index is 12.7. The summed E-state index contributed by atoms with van der Waals surface area (Å²) >= 11 is 1.30. The summed E-state index contributed by atoms with van der Waals surface area (Å²) in [5, 5.41) is 5.35. The standard InChI is InChI=1S/C21H17F3N2O2S/c22-21(23,24)14-7-5-13(6-8-14)20-25-15(12-29-20)11-19(27)26-17-9-10-28-18-4-2-1-3-16(17)18/h1-8,12,17H,9-11H2,(H,26,27)/t17-/m0/s1. The molecular weight excluding hydrogens is 401 g/mol. The molecule has 2 heterocycles. The molecule has 0 spiro atoms. The third-order valence-corrected chi connectivity index (χ3v) is 5.59. The predicted molar refractivity (Wildman–Crippen MR) is 104 cm³/mol. The SMILES string of the molecule is O=C(Cc1csc(-c2ccc(C(F)(F)F)cc2)n1)N[C@H]1CCOc2ccccc21. The third-order valence-electron chi connectivity index (χ3n) is 4.65. The summed E-state index contributed by atoms with van der Waals surface area (Å²) in [5.74, 6) is 0.623. The Balaban J connectivity index is 1.41. The molecule has 0 unspecified atom stereocenters. The van der Waals surface area contributed by atoms with Crippen molar-refractivity contribution < 1.29 is 22.7 Å². The minimum Gasteiger partial charge on any atom is -0.493 e. The van der Waals surface area contributed by atoms with Gasteiger partial charge in [0.15, 0.2) is 0 Å². The van der Waals surface area contributed by atoms with E-state index in [2.05, 4.69) is 10.3 Å².